The second-order valence-corrected chi connectivity index (χ2v) is 10.4. The smallest absolute Gasteiger partial charge is 0.326 e. The van der Waals surface area contributed by atoms with Gasteiger partial charge in [0.2, 0.25) is 29.5 Å². The zero-order chi connectivity index (χ0) is 34.8. The third kappa shape index (κ3) is 14.2. The summed E-state index contributed by atoms with van der Waals surface area (Å²) in [6, 6.07) is 0.852. The summed E-state index contributed by atoms with van der Waals surface area (Å²) in [6.07, 6.45) is 0.668. The number of carbonyl (C=O) groups is 6. The summed E-state index contributed by atoms with van der Waals surface area (Å²) in [5.74, 6) is -5.80. The van der Waals surface area contributed by atoms with Crippen LogP contribution in [0.1, 0.15) is 38.7 Å². The lowest BCUT2D eigenvalue weighted by Crippen LogP contribution is -2.58. The maximum absolute atomic E-state index is 13.2. The first kappa shape index (κ1) is 39.1. The second kappa shape index (κ2) is 20.1. The highest BCUT2D eigenvalue weighted by atomic mass is 16.4. The number of hydrogen-bond acceptors (Lipinski definition) is 10. The van der Waals surface area contributed by atoms with Gasteiger partial charge in [0, 0.05) is 13.0 Å². The number of carboxylic acids is 1. The lowest BCUT2D eigenvalue weighted by Gasteiger charge is -2.26. The molecule has 0 aliphatic heterocycles. The number of carboxylic acid groups (broad SMARTS) is 1. The van der Waals surface area contributed by atoms with E-state index in [1.807, 2.05) is 0 Å². The van der Waals surface area contributed by atoms with Gasteiger partial charge in [0.15, 0.2) is 5.96 Å². The van der Waals surface area contributed by atoms with Crippen LogP contribution in [0.4, 0.5) is 0 Å². The summed E-state index contributed by atoms with van der Waals surface area (Å²) < 4.78 is 0. The number of nitrogens with two attached hydrogens (primary N) is 3. The summed E-state index contributed by atoms with van der Waals surface area (Å²) in [7, 11) is 0. The van der Waals surface area contributed by atoms with Crippen molar-refractivity contribution >= 4 is 41.5 Å². The molecule has 1 rings (SSSR count). The van der Waals surface area contributed by atoms with Crippen molar-refractivity contribution in [3.05, 3.63) is 29.8 Å². The van der Waals surface area contributed by atoms with Crippen LogP contribution in [0.25, 0.3) is 0 Å². The summed E-state index contributed by atoms with van der Waals surface area (Å²) in [5, 5.41) is 40.5. The van der Waals surface area contributed by atoms with Crippen LogP contribution in [-0.4, -0.2) is 107 Å². The van der Waals surface area contributed by atoms with E-state index in [4.69, 9.17) is 17.2 Å². The number of aliphatic hydroxyl groups excluding tert-OH is 1. The molecule has 0 spiro atoms. The summed E-state index contributed by atoms with van der Waals surface area (Å²) in [6.45, 7) is 1.71. The standard InChI is InChI=1S/C28H45N9O9/c1-3-15(2)23(37-24(42)19(34-21(40)12-29)11-16-6-8-17(39)9-7-16)26(44)33-13-22(41)35-20(14-38)25(43)36-18(27(45)46)5-4-10-32-28(30)31/h6-9,15,18-20,23,38-39H,3-5,10-14,29H2,1-2H3,(H,33,44)(H,34,40)(H,35,41)(H,36,43)(H,37,42)(H,45,46)(H4,30,31,32). The fourth-order valence-electron chi connectivity index (χ4n) is 4.04. The van der Waals surface area contributed by atoms with Crippen molar-refractivity contribution in [2.75, 3.05) is 26.2 Å². The number of aromatic hydroxyl groups is 1. The van der Waals surface area contributed by atoms with Crippen LogP contribution in [0.15, 0.2) is 29.3 Å². The van der Waals surface area contributed by atoms with E-state index in [1.54, 1.807) is 26.0 Å². The van der Waals surface area contributed by atoms with Crippen molar-refractivity contribution in [2.24, 2.45) is 28.1 Å². The number of aliphatic hydroxyl groups is 1. The number of amides is 5. The van der Waals surface area contributed by atoms with E-state index in [0.29, 0.717) is 12.0 Å². The van der Waals surface area contributed by atoms with Crippen molar-refractivity contribution < 1.29 is 44.1 Å². The zero-order valence-electron chi connectivity index (χ0n) is 25.8. The molecule has 256 valence electrons. The molecule has 0 heterocycles. The van der Waals surface area contributed by atoms with Gasteiger partial charge in [-0.15, -0.1) is 0 Å². The Morgan fingerprint density at radius 2 is 1.48 bits per heavy atom. The molecule has 0 aliphatic carbocycles. The van der Waals surface area contributed by atoms with Gasteiger partial charge in [-0.25, -0.2) is 4.79 Å². The van der Waals surface area contributed by atoms with Crippen LogP contribution >= 0.6 is 0 Å². The average Bonchev–Trinajstić information content (AvgIpc) is 3.02. The molecule has 0 aromatic heterocycles. The number of aliphatic imine (C=N–C) groups is 1. The van der Waals surface area contributed by atoms with Gasteiger partial charge >= 0.3 is 5.97 Å². The van der Waals surface area contributed by atoms with Gasteiger partial charge in [-0.05, 0) is 36.5 Å². The number of benzene rings is 1. The van der Waals surface area contributed by atoms with E-state index in [2.05, 4.69) is 31.6 Å². The molecule has 1 aromatic rings. The Morgan fingerprint density at radius 1 is 0.870 bits per heavy atom. The molecule has 18 heteroatoms. The fraction of sp³-hybridized carbons (Fsp3) is 0.536. The van der Waals surface area contributed by atoms with E-state index < -0.39 is 78.7 Å². The van der Waals surface area contributed by atoms with Gasteiger partial charge in [-0.1, -0.05) is 32.4 Å². The minimum atomic E-state index is -1.53. The van der Waals surface area contributed by atoms with Crippen LogP contribution in [0.2, 0.25) is 0 Å². The molecule has 5 amide bonds. The Labute approximate surface area is 265 Å². The van der Waals surface area contributed by atoms with Crippen LogP contribution in [0, 0.1) is 5.92 Å². The van der Waals surface area contributed by atoms with E-state index >= 15 is 0 Å². The molecule has 14 N–H and O–H groups in total. The number of carbonyl (C=O) groups excluding carboxylic acids is 5. The molecular formula is C28H45N9O9. The van der Waals surface area contributed by atoms with Crippen molar-refractivity contribution in [2.45, 2.75) is 63.7 Å². The minimum Gasteiger partial charge on any atom is -0.508 e. The fourth-order valence-corrected chi connectivity index (χ4v) is 4.04. The number of phenolic OH excluding ortho intramolecular Hbond substituents is 1. The molecular weight excluding hydrogens is 606 g/mol. The van der Waals surface area contributed by atoms with E-state index in [-0.39, 0.29) is 44.1 Å². The number of rotatable bonds is 20. The predicted molar refractivity (Wildman–Crippen MR) is 166 cm³/mol. The number of nitrogens with one attached hydrogen (secondary N) is 5. The number of guanidine groups is 1. The number of nitrogens with zero attached hydrogens (tertiary/aromatic N) is 1. The number of hydrogen-bond donors (Lipinski definition) is 11. The predicted octanol–water partition coefficient (Wildman–Crippen LogP) is -3.87. The molecule has 18 nitrogen and oxygen atoms in total. The van der Waals surface area contributed by atoms with E-state index in [9.17, 15) is 44.1 Å². The Bertz CT molecular complexity index is 1220. The Kier molecular flexibility index (Phi) is 17.1. The highest BCUT2D eigenvalue weighted by Gasteiger charge is 2.31. The third-order valence-electron chi connectivity index (χ3n) is 6.82. The first-order valence-electron chi connectivity index (χ1n) is 14.6. The van der Waals surface area contributed by atoms with Gasteiger partial charge < -0.3 is 59.1 Å². The molecule has 0 bridgehead atoms. The summed E-state index contributed by atoms with van der Waals surface area (Å²) >= 11 is 0. The van der Waals surface area contributed by atoms with Crippen molar-refractivity contribution in [1.82, 2.24) is 26.6 Å². The Balaban J connectivity index is 2.86. The topological polar surface area (TPSA) is 314 Å². The molecule has 1 aromatic carbocycles. The van der Waals surface area contributed by atoms with Crippen LogP contribution < -0.4 is 43.8 Å². The van der Waals surface area contributed by atoms with Gasteiger partial charge in [0.25, 0.3) is 0 Å². The van der Waals surface area contributed by atoms with Gasteiger partial charge in [0.05, 0.1) is 19.7 Å². The maximum Gasteiger partial charge on any atom is 0.326 e. The quantitative estimate of drug-likeness (QED) is 0.0366. The van der Waals surface area contributed by atoms with E-state index in [0.717, 1.165) is 0 Å². The minimum absolute atomic E-state index is 0.0136. The number of phenols is 1. The lowest BCUT2D eigenvalue weighted by atomic mass is 9.97. The molecule has 46 heavy (non-hydrogen) atoms. The highest BCUT2D eigenvalue weighted by Crippen LogP contribution is 2.13. The van der Waals surface area contributed by atoms with Gasteiger partial charge in [-0.2, -0.15) is 0 Å². The van der Waals surface area contributed by atoms with Gasteiger partial charge in [0.1, 0.15) is 29.9 Å². The van der Waals surface area contributed by atoms with Crippen LogP contribution in [-0.2, 0) is 35.2 Å². The zero-order valence-corrected chi connectivity index (χ0v) is 25.8. The Morgan fingerprint density at radius 3 is 2.02 bits per heavy atom. The second-order valence-electron chi connectivity index (χ2n) is 10.4. The first-order valence-corrected chi connectivity index (χ1v) is 14.6. The highest BCUT2D eigenvalue weighted by molar-refractivity contribution is 5.95. The molecule has 0 saturated heterocycles. The summed E-state index contributed by atoms with van der Waals surface area (Å²) in [4.78, 5) is 78.8. The molecule has 0 saturated carbocycles. The first-order chi connectivity index (χ1) is 21.7. The van der Waals surface area contributed by atoms with Crippen LogP contribution in [0.3, 0.4) is 0 Å². The largest absolute Gasteiger partial charge is 0.508 e. The van der Waals surface area contributed by atoms with Crippen molar-refractivity contribution in [3.8, 4) is 5.75 Å². The maximum atomic E-state index is 13.2. The monoisotopic (exact) mass is 651 g/mol. The van der Waals surface area contributed by atoms with Crippen LogP contribution in [0.5, 0.6) is 5.75 Å². The summed E-state index contributed by atoms with van der Waals surface area (Å²) in [5.41, 5.74) is 16.5. The average molecular weight is 652 g/mol. The SMILES string of the molecule is CCC(C)C(NC(=O)C(Cc1ccc(O)cc1)NC(=O)CN)C(=O)NCC(=O)NC(CO)C(=O)NC(CCCN=C(N)N)C(=O)O. The van der Waals surface area contributed by atoms with E-state index in [1.165, 1.54) is 12.1 Å². The normalized spacial score (nSPS) is 13.9. The molecule has 0 aliphatic rings. The molecule has 0 fully saturated rings. The molecule has 0 radical (unpaired) electrons. The molecule has 5 atom stereocenters. The van der Waals surface area contributed by atoms with Crippen molar-refractivity contribution in [3.63, 3.8) is 0 Å². The van der Waals surface area contributed by atoms with Crippen molar-refractivity contribution in [1.29, 1.82) is 0 Å². The van der Waals surface area contributed by atoms with Gasteiger partial charge in [-0.3, -0.25) is 29.0 Å². The molecule has 5 unspecified atom stereocenters. The third-order valence-corrected chi connectivity index (χ3v) is 6.82. The Hall–Kier alpha value is -4.97. The number of aliphatic carboxylic acids is 1. The lowest BCUT2D eigenvalue weighted by molar-refractivity contribution is -0.142.